The van der Waals surface area contributed by atoms with Gasteiger partial charge in [-0.15, -0.1) is 0 Å². The van der Waals surface area contributed by atoms with E-state index in [1.54, 1.807) is 24.3 Å². The van der Waals surface area contributed by atoms with E-state index in [-0.39, 0.29) is 11.3 Å². The van der Waals surface area contributed by atoms with E-state index in [0.717, 1.165) is 0 Å². The van der Waals surface area contributed by atoms with E-state index in [1.807, 2.05) is 0 Å². The number of imidazole rings is 1. The molecule has 8 nitrogen and oxygen atoms in total. The van der Waals surface area contributed by atoms with Gasteiger partial charge in [0.15, 0.2) is 6.10 Å². The lowest BCUT2D eigenvalue weighted by Gasteiger charge is -2.15. The highest BCUT2D eigenvalue weighted by molar-refractivity contribution is 6.31. The first-order chi connectivity index (χ1) is 12.9. The van der Waals surface area contributed by atoms with Crippen molar-refractivity contribution in [2.24, 2.45) is 0 Å². The Hall–Kier alpha value is -3.26. The molecule has 0 bridgehead atoms. The second kappa shape index (κ2) is 7.55. The number of benzene rings is 2. The van der Waals surface area contributed by atoms with Crippen molar-refractivity contribution >= 4 is 40.2 Å². The Kier molecular flexibility index (Phi) is 5.18. The van der Waals surface area contributed by atoms with Gasteiger partial charge in [-0.2, -0.15) is 0 Å². The molecule has 0 aliphatic carbocycles. The number of hydrogen-bond acceptors (Lipinski definition) is 5. The Labute approximate surface area is 158 Å². The van der Waals surface area contributed by atoms with Gasteiger partial charge in [-0.3, -0.25) is 4.79 Å². The number of amides is 1. The van der Waals surface area contributed by atoms with Gasteiger partial charge in [-0.25, -0.2) is 9.59 Å². The minimum absolute atomic E-state index is 0.121. The van der Waals surface area contributed by atoms with Gasteiger partial charge in [0.1, 0.15) is 11.3 Å². The Balaban J connectivity index is 1.70. The van der Waals surface area contributed by atoms with Crippen molar-refractivity contribution in [3.8, 4) is 5.75 Å². The number of methoxy groups -OCH3 is 1. The molecule has 0 fully saturated rings. The quantitative estimate of drug-likeness (QED) is 0.580. The zero-order chi connectivity index (χ0) is 19.6. The van der Waals surface area contributed by atoms with Crippen LogP contribution < -0.4 is 15.7 Å². The number of esters is 1. The SMILES string of the molecule is COc1ccc(Cl)cc1C(=O)O[C@@H](C)C(=O)Nc1ccc2[nH]c(=O)[nH]c2c1. The number of halogens is 1. The van der Waals surface area contributed by atoms with Crippen LogP contribution in [0.2, 0.25) is 5.02 Å². The molecule has 0 radical (unpaired) electrons. The summed E-state index contributed by atoms with van der Waals surface area (Å²) < 4.78 is 10.3. The fourth-order valence-corrected chi connectivity index (χ4v) is 2.64. The molecule has 0 saturated carbocycles. The summed E-state index contributed by atoms with van der Waals surface area (Å²) in [7, 11) is 1.41. The molecule has 0 saturated heterocycles. The minimum Gasteiger partial charge on any atom is -0.496 e. The smallest absolute Gasteiger partial charge is 0.342 e. The van der Waals surface area contributed by atoms with Crippen molar-refractivity contribution in [3.63, 3.8) is 0 Å². The largest absolute Gasteiger partial charge is 0.496 e. The molecule has 2 aromatic carbocycles. The van der Waals surface area contributed by atoms with E-state index in [9.17, 15) is 14.4 Å². The maximum atomic E-state index is 12.3. The molecular formula is C18H16ClN3O5. The molecular weight excluding hydrogens is 374 g/mol. The second-order valence-corrected chi connectivity index (χ2v) is 6.16. The van der Waals surface area contributed by atoms with E-state index in [2.05, 4.69) is 15.3 Å². The Morgan fingerprint density at radius 2 is 1.85 bits per heavy atom. The maximum Gasteiger partial charge on any atom is 0.342 e. The van der Waals surface area contributed by atoms with Crippen LogP contribution in [0.25, 0.3) is 11.0 Å². The molecule has 1 heterocycles. The summed E-state index contributed by atoms with van der Waals surface area (Å²) in [6, 6.07) is 9.39. The number of anilines is 1. The second-order valence-electron chi connectivity index (χ2n) is 5.72. The van der Waals surface area contributed by atoms with Crippen LogP contribution in [0.3, 0.4) is 0 Å². The molecule has 3 N–H and O–H groups in total. The highest BCUT2D eigenvalue weighted by Crippen LogP contribution is 2.24. The van der Waals surface area contributed by atoms with Crippen LogP contribution >= 0.6 is 11.6 Å². The van der Waals surface area contributed by atoms with E-state index in [4.69, 9.17) is 21.1 Å². The number of ether oxygens (including phenoxy) is 2. The average Bonchev–Trinajstić information content (AvgIpc) is 3.00. The normalized spacial score (nSPS) is 11.8. The van der Waals surface area contributed by atoms with Gasteiger partial charge in [-0.1, -0.05) is 11.6 Å². The van der Waals surface area contributed by atoms with Crippen molar-refractivity contribution in [2.45, 2.75) is 13.0 Å². The van der Waals surface area contributed by atoms with Gasteiger partial charge >= 0.3 is 11.7 Å². The molecule has 27 heavy (non-hydrogen) atoms. The summed E-state index contributed by atoms with van der Waals surface area (Å²) in [4.78, 5) is 41.1. The number of hydrogen-bond donors (Lipinski definition) is 3. The third-order valence-electron chi connectivity index (χ3n) is 3.82. The fraction of sp³-hybridized carbons (Fsp3) is 0.167. The van der Waals surface area contributed by atoms with Crippen LogP contribution in [0.4, 0.5) is 5.69 Å². The van der Waals surface area contributed by atoms with Crippen LogP contribution in [0.5, 0.6) is 5.75 Å². The first kappa shape index (κ1) is 18.5. The summed E-state index contributed by atoms with van der Waals surface area (Å²) in [5.41, 5.74) is 1.39. The molecule has 9 heteroatoms. The molecule has 3 aromatic rings. The van der Waals surface area contributed by atoms with Gasteiger partial charge < -0.3 is 24.8 Å². The summed E-state index contributed by atoms with van der Waals surface area (Å²) in [5, 5.41) is 2.97. The topological polar surface area (TPSA) is 113 Å². The third kappa shape index (κ3) is 4.12. The molecule has 0 aliphatic rings. The Morgan fingerprint density at radius 1 is 1.11 bits per heavy atom. The number of carbonyl (C=O) groups excluding carboxylic acids is 2. The van der Waals surface area contributed by atoms with Crippen LogP contribution in [-0.2, 0) is 9.53 Å². The van der Waals surface area contributed by atoms with Crippen molar-refractivity contribution in [2.75, 3.05) is 12.4 Å². The van der Waals surface area contributed by atoms with Crippen LogP contribution in [0.15, 0.2) is 41.2 Å². The number of aromatic nitrogens is 2. The number of H-pyrrole nitrogens is 2. The molecule has 0 spiro atoms. The zero-order valence-electron chi connectivity index (χ0n) is 14.5. The van der Waals surface area contributed by atoms with Crippen LogP contribution in [-0.4, -0.2) is 35.1 Å². The summed E-state index contributed by atoms with van der Waals surface area (Å²) in [5.74, 6) is -0.970. The lowest BCUT2D eigenvalue weighted by atomic mass is 10.2. The highest BCUT2D eigenvalue weighted by atomic mass is 35.5. The first-order valence-corrected chi connectivity index (χ1v) is 8.32. The predicted octanol–water partition coefficient (Wildman–Crippen LogP) is 2.70. The van der Waals surface area contributed by atoms with Gasteiger partial charge in [0, 0.05) is 10.7 Å². The predicted molar refractivity (Wildman–Crippen MR) is 100 cm³/mol. The molecule has 0 unspecified atom stereocenters. The zero-order valence-corrected chi connectivity index (χ0v) is 15.2. The number of aromatic amines is 2. The van der Waals surface area contributed by atoms with Crippen molar-refractivity contribution in [3.05, 3.63) is 57.5 Å². The lowest BCUT2D eigenvalue weighted by molar-refractivity contribution is -0.123. The van der Waals surface area contributed by atoms with E-state index >= 15 is 0 Å². The van der Waals surface area contributed by atoms with E-state index in [0.29, 0.717) is 27.5 Å². The van der Waals surface area contributed by atoms with Crippen LogP contribution in [0, 0.1) is 0 Å². The summed E-state index contributed by atoms with van der Waals surface area (Å²) in [6.07, 6.45) is -1.07. The first-order valence-electron chi connectivity index (χ1n) is 7.95. The lowest BCUT2D eigenvalue weighted by Crippen LogP contribution is -2.30. The molecule has 3 rings (SSSR count). The molecule has 1 amide bonds. The van der Waals surface area contributed by atoms with Crippen molar-refractivity contribution in [1.82, 2.24) is 9.97 Å². The highest BCUT2D eigenvalue weighted by Gasteiger charge is 2.22. The molecule has 1 atom stereocenters. The Morgan fingerprint density at radius 3 is 2.59 bits per heavy atom. The van der Waals surface area contributed by atoms with E-state index in [1.165, 1.54) is 26.2 Å². The van der Waals surface area contributed by atoms with Gasteiger partial charge in [0.2, 0.25) is 0 Å². The fourth-order valence-electron chi connectivity index (χ4n) is 2.47. The number of carbonyl (C=O) groups is 2. The third-order valence-corrected chi connectivity index (χ3v) is 4.05. The molecule has 1 aromatic heterocycles. The van der Waals surface area contributed by atoms with Crippen molar-refractivity contribution in [1.29, 1.82) is 0 Å². The minimum atomic E-state index is -1.07. The number of fused-ring (bicyclic) bond motifs is 1. The average molecular weight is 390 g/mol. The standard InChI is InChI=1S/C18H16ClN3O5/c1-9(27-17(24)12-7-10(19)3-6-15(12)26-2)16(23)20-11-4-5-13-14(8-11)22-18(25)21-13/h3-9H,1-2H3,(H,20,23)(H2,21,22,25)/t9-/m0/s1. The Bertz CT molecular complexity index is 1070. The van der Waals surface area contributed by atoms with Gasteiger partial charge in [0.05, 0.1) is 18.1 Å². The van der Waals surface area contributed by atoms with Gasteiger partial charge in [0.25, 0.3) is 5.91 Å². The maximum absolute atomic E-state index is 12.3. The molecule has 0 aliphatic heterocycles. The number of rotatable bonds is 5. The summed E-state index contributed by atoms with van der Waals surface area (Å²) >= 11 is 5.90. The molecule has 140 valence electrons. The van der Waals surface area contributed by atoms with E-state index < -0.39 is 18.0 Å². The number of nitrogens with one attached hydrogen (secondary N) is 3. The van der Waals surface area contributed by atoms with Crippen LogP contribution in [0.1, 0.15) is 17.3 Å². The van der Waals surface area contributed by atoms with Crippen molar-refractivity contribution < 1.29 is 19.1 Å². The summed E-state index contributed by atoms with van der Waals surface area (Å²) in [6.45, 7) is 1.45. The monoisotopic (exact) mass is 389 g/mol. The van der Waals surface area contributed by atoms with Gasteiger partial charge in [-0.05, 0) is 43.3 Å².